The quantitative estimate of drug-likeness (QED) is 0.492. The molecule has 0 amide bonds. The molecule has 0 atom stereocenters. The second kappa shape index (κ2) is 11.9. The third-order valence-corrected chi connectivity index (χ3v) is 6.03. The third-order valence-electron chi connectivity index (χ3n) is 6.03. The van der Waals surface area contributed by atoms with Gasteiger partial charge in [-0.25, -0.2) is 0 Å². The van der Waals surface area contributed by atoms with E-state index in [0.717, 1.165) is 12.8 Å². The van der Waals surface area contributed by atoms with Crippen molar-refractivity contribution in [3.05, 3.63) is 87.7 Å². The zero-order valence-corrected chi connectivity index (χ0v) is 20.6. The summed E-state index contributed by atoms with van der Waals surface area (Å²) >= 11 is 0. The number of aliphatic hydroxyl groups excluding tert-OH is 1. The van der Waals surface area contributed by atoms with Gasteiger partial charge >= 0.3 is 0 Å². The average molecular weight is 419 g/mol. The van der Waals surface area contributed by atoms with Crippen LogP contribution in [0.4, 0.5) is 0 Å². The number of hydrogen-bond donors (Lipinski definition) is 1. The van der Waals surface area contributed by atoms with Gasteiger partial charge < -0.3 is 5.11 Å². The standard InChI is InChI=1S/C25H32.C5H10O/c1-19-15-20(2)17-22(16-19)7-5-9-23-11-10-21-8-6-13-25(3,4)14-12-24(23)18-21;1-3-4-5(2)6/h5,9-11,15-18H,6-8,12-14H2,1-4H3;4,6H,3H2,1-2H3/b9-5-;5-4-. The molecule has 0 fully saturated rings. The van der Waals surface area contributed by atoms with Gasteiger partial charge in [0.05, 0.1) is 5.76 Å². The summed E-state index contributed by atoms with van der Waals surface area (Å²) < 4.78 is 0. The highest BCUT2D eigenvalue weighted by molar-refractivity contribution is 5.55. The number of rotatable bonds is 4. The molecule has 0 aliphatic heterocycles. The third kappa shape index (κ3) is 9.17. The van der Waals surface area contributed by atoms with Crippen LogP contribution in [0.3, 0.4) is 0 Å². The molecular formula is C30H42O. The normalized spacial score (nSPS) is 16.1. The van der Waals surface area contributed by atoms with Crippen molar-refractivity contribution >= 4 is 6.08 Å². The molecule has 1 N–H and O–H groups in total. The summed E-state index contributed by atoms with van der Waals surface area (Å²) in [6, 6.07) is 14.0. The zero-order chi connectivity index (χ0) is 22.9. The number of benzene rings is 2. The predicted molar refractivity (Wildman–Crippen MR) is 137 cm³/mol. The van der Waals surface area contributed by atoms with E-state index in [9.17, 15) is 0 Å². The van der Waals surface area contributed by atoms with Gasteiger partial charge in [-0.1, -0.05) is 80.4 Å². The van der Waals surface area contributed by atoms with E-state index in [2.05, 4.69) is 76.2 Å². The first-order valence-electron chi connectivity index (χ1n) is 11.9. The van der Waals surface area contributed by atoms with Crippen molar-refractivity contribution in [2.45, 2.75) is 86.5 Å². The minimum atomic E-state index is 0.414. The molecule has 2 aromatic carbocycles. The lowest BCUT2D eigenvalue weighted by Gasteiger charge is -2.23. The molecule has 0 heterocycles. The van der Waals surface area contributed by atoms with Crippen molar-refractivity contribution in [1.82, 2.24) is 0 Å². The molecule has 31 heavy (non-hydrogen) atoms. The molecule has 0 saturated heterocycles. The Kier molecular flexibility index (Phi) is 9.62. The molecule has 1 aliphatic rings. The second-order valence-corrected chi connectivity index (χ2v) is 9.91. The van der Waals surface area contributed by atoms with E-state index >= 15 is 0 Å². The smallest absolute Gasteiger partial charge is 0.0851 e. The van der Waals surface area contributed by atoms with Crippen molar-refractivity contribution in [2.75, 3.05) is 0 Å². The molecule has 168 valence electrons. The molecule has 0 radical (unpaired) electrons. The van der Waals surface area contributed by atoms with Gasteiger partial charge in [0.2, 0.25) is 0 Å². The first-order chi connectivity index (χ1) is 14.7. The molecule has 0 saturated carbocycles. The predicted octanol–water partition coefficient (Wildman–Crippen LogP) is 8.71. The van der Waals surface area contributed by atoms with Crippen LogP contribution in [-0.4, -0.2) is 5.11 Å². The van der Waals surface area contributed by atoms with E-state index in [4.69, 9.17) is 5.11 Å². The molecule has 1 heteroatoms. The lowest BCUT2D eigenvalue weighted by molar-refractivity contribution is 0.301. The molecule has 3 rings (SSSR count). The molecule has 2 bridgehead atoms. The second-order valence-electron chi connectivity index (χ2n) is 9.91. The average Bonchev–Trinajstić information content (AvgIpc) is 2.72. The summed E-state index contributed by atoms with van der Waals surface area (Å²) in [7, 11) is 0. The van der Waals surface area contributed by atoms with E-state index in [-0.39, 0.29) is 0 Å². The van der Waals surface area contributed by atoms with Crippen molar-refractivity contribution < 1.29 is 5.11 Å². The Bertz CT molecular complexity index is 874. The highest BCUT2D eigenvalue weighted by Crippen LogP contribution is 2.32. The van der Waals surface area contributed by atoms with Crippen molar-refractivity contribution in [3.8, 4) is 0 Å². The summed E-state index contributed by atoms with van der Waals surface area (Å²) in [6.45, 7) is 12.9. The first kappa shape index (κ1) is 25.0. The first-order valence-corrected chi connectivity index (χ1v) is 11.9. The summed E-state index contributed by atoms with van der Waals surface area (Å²) in [6.07, 6.45) is 14.7. The van der Waals surface area contributed by atoms with Crippen LogP contribution in [0.2, 0.25) is 0 Å². The maximum Gasteiger partial charge on any atom is 0.0851 e. The Balaban J connectivity index is 0.000000501. The Morgan fingerprint density at radius 1 is 1.00 bits per heavy atom. The number of hydrogen-bond acceptors (Lipinski definition) is 1. The summed E-state index contributed by atoms with van der Waals surface area (Å²) in [5.41, 5.74) is 9.04. The Morgan fingerprint density at radius 3 is 2.32 bits per heavy atom. The Labute approximate surface area is 190 Å². The van der Waals surface area contributed by atoms with Gasteiger partial charge in [0, 0.05) is 0 Å². The van der Waals surface area contributed by atoms with E-state index in [0.29, 0.717) is 11.2 Å². The van der Waals surface area contributed by atoms with Crippen molar-refractivity contribution in [1.29, 1.82) is 0 Å². The van der Waals surface area contributed by atoms with Crippen LogP contribution >= 0.6 is 0 Å². The van der Waals surface area contributed by atoms with Gasteiger partial charge in [-0.05, 0) is 99.5 Å². The molecule has 0 aromatic heterocycles. The van der Waals surface area contributed by atoms with Crippen molar-refractivity contribution in [2.24, 2.45) is 5.41 Å². The van der Waals surface area contributed by atoms with Crippen LogP contribution in [0.5, 0.6) is 0 Å². The lowest BCUT2D eigenvalue weighted by Crippen LogP contribution is -2.12. The number of allylic oxidation sites excluding steroid dienone is 3. The van der Waals surface area contributed by atoms with E-state index in [1.165, 1.54) is 65.5 Å². The SMILES string of the molecule is CC/C=C(/C)O.Cc1cc(C)cc(C/C=C\c2ccc3cc2CCC(C)(C)CCC3)c1. The van der Waals surface area contributed by atoms with Gasteiger partial charge in [-0.3, -0.25) is 0 Å². The van der Waals surface area contributed by atoms with Crippen molar-refractivity contribution in [3.63, 3.8) is 0 Å². The van der Waals surface area contributed by atoms with E-state index in [1.54, 1.807) is 13.0 Å². The Hall–Kier alpha value is -2.28. The lowest BCUT2D eigenvalue weighted by atomic mass is 9.82. The summed E-state index contributed by atoms with van der Waals surface area (Å²) in [5.74, 6) is 0.414. The van der Waals surface area contributed by atoms with Crippen LogP contribution in [0.1, 0.15) is 86.8 Å². The molecule has 2 aromatic rings. The fourth-order valence-electron chi connectivity index (χ4n) is 4.37. The number of aryl methyl sites for hydroxylation is 4. The summed E-state index contributed by atoms with van der Waals surface area (Å²) in [4.78, 5) is 0. The van der Waals surface area contributed by atoms with Crippen LogP contribution in [-0.2, 0) is 19.3 Å². The van der Waals surface area contributed by atoms with Gasteiger partial charge in [0.25, 0.3) is 0 Å². The maximum atomic E-state index is 8.41. The largest absolute Gasteiger partial charge is 0.513 e. The highest BCUT2D eigenvalue weighted by atomic mass is 16.3. The highest BCUT2D eigenvalue weighted by Gasteiger charge is 2.19. The van der Waals surface area contributed by atoms with Gasteiger partial charge in [0.15, 0.2) is 0 Å². The summed E-state index contributed by atoms with van der Waals surface area (Å²) in [5, 5.41) is 8.41. The molecule has 0 spiro atoms. The van der Waals surface area contributed by atoms with Crippen LogP contribution in [0.15, 0.2) is 54.3 Å². The number of fused-ring (bicyclic) bond motifs is 2. The van der Waals surface area contributed by atoms with E-state index in [1.807, 2.05) is 6.92 Å². The number of aliphatic hydroxyl groups is 1. The van der Waals surface area contributed by atoms with Gasteiger partial charge in [0.1, 0.15) is 0 Å². The van der Waals surface area contributed by atoms with Crippen LogP contribution in [0, 0.1) is 19.3 Å². The van der Waals surface area contributed by atoms with Crippen LogP contribution < -0.4 is 0 Å². The minimum Gasteiger partial charge on any atom is -0.513 e. The fraction of sp³-hybridized carbons (Fsp3) is 0.467. The van der Waals surface area contributed by atoms with E-state index < -0.39 is 0 Å². The van der Waals surface area contributed by atoms with Gasteiger partial charge in [-0.2, -0.15) is 0 Å². The molecular weight excluding hydrogens is 376 g/mol. The topological polar surface area (TPSA) is 20.2 Å². The van der Waals surface area contributed by atoms with Crippen LogP contribution in [0.25, 0.3) is 6.08 Å². The Morgan fingerprint density at radius 2 is 1.71 bits per heavy atom. The molecule has 1 nitrogen and oxygen atoms in total. The van der Waals surface area contributed by atoms with Gasteiger partial charge in [-0.15, -0.1) is 0 Å². The fourth-order valence-corrected chi connectivity index (χ4v) is 4.37. The molecule has 1 aliphatic carbocycles. The molecule has 0 unspecified atom stereocenters. The zero-order valence-electron chi connectivity index (χ0n) is 20.6. The maximum absolute atomic E-state index is 8.41. The monoisotopic (exact) mass is 418 g/mol. The minimum absolute atomic E-state index is 0.414.